The second-order valence-electron chi connectivity index (χ2n) is 17.4. The molecule has 0 bridgehead atoms. The molecule has 0 radical (unpaired) electrons. The molecule has 0 aromatic heterocycles. The molecule has 4 aromatic rings. The molecule has 1 saturated carbocycles. The first kappa shape index (κ1) is 51.4. The molecule has 0 spiro atoms. The Labute approximate surface area is 408 Å². The van der Waals surface area contributed by atoms with Crippen LogP contribution in [0.2, 0.25) is 0 Å². The van der Waals surface area contributed by atoms with Crippen molar-refractivity contribution in [2.75, 3.05) is 59.7 Å². The highest BCUT2D eigenvalue weighted by atomic mass is 19.1. The Morgan fingerprint density at radius 1 is 0.900 bits per heavy atom. The van der Waals surface area contributed by atoms with Crippen LogP contribution >= 0.6 is 0 Å². The van der Waals surface area contributed by atoms with E-state index in [2.05, 4.69) is 23.1 Å². The summed E-state index contributed by atoms with van der Waals surface area (Å²) in [6, 6.07) is 24.8. The fourth-order valence-electron chi connectivity index (χ4n) is 10.1. The summed E-state index contributed by atoms with van der Waals surface area (Å²) >= 11 is 0. The van der Waals surface area contributed by atoms with Gasteiger partial charge in [0.1, 0.15) is 48.6 Å². The molecule has 15 nitrogen and oxygen atoms in total. The molecular weight excluding hydrogens is 902 g/mol. The van der Waals surface area contributed by atoms with Crippen molar-refractivity contribution in [1.29, 1.82) is 0 Å². The van der Waals surface area contributed by atoms with Crippen LogP contribution < -0.4 is 24.3 Å². The molecule has 6 unspecified atom stereocenters. The van der Waals surface area contributed by atoms with Gasteiger partial charge in [0.25, 0.3) is 0 Å². The number of aliphatic hydroxyl groups excluding tert-OH is 2. The first-order chi connectivity index (χ1) is 34.2. The molecular formula is C54H64FN3O12. The fourth-order valence-corrected chi connectivity index (χ4v) is 10.1. The normalized spacial score (nSPS) is 21.5. The lowest BCUT2D eigenvalue weighted by Crippen LogP contribution is -2.70. The Bertz CT molecular complexity index is 2430. The zero-order valence-corrected chi connectivity index (χ0v) is 40.1. The molecule has 2 amide bonds. The zero-order valence-electron chi connectivity index (χ0n) is 40.1. The van der Waals surface area contributed by atoms with E-state index < -0.39 is 41.7 Å². The third kappa shape index (κ3) is 12.1. The minimum absolute atomic E-state index is 0.0136. The largest absolute Gasteiger partial charge is 0.497 e. The van der Waals surface area contributed by atoms with Crippen LogP contribution in [-0.2, 0) is 32.2 Å². The van der Waals surface area contributed by atoms with Crippen molar-refractivity contribution in [3.63, 3.8) is 0 Å². The summed E-state index contributed by atoms with van der Waals surface area (Å²) in [4.78, 5) is 35.6. The number of methoxy groups -OCH3 is 2. The quantitative estimate of drug-likeness (QED) is 0.0345. The van der Waals surface area contributed by atoms with Crippen molar-refractivity contribution >= 4 is 23.6 Å². The lowest BCUT2D eigenvalue weighted by Gasteiger charge is -2.59. The van der Waals surface area contributed by atoms with E-state index in [1.165, 1.54) is 33.5 Å². The van der Waals surface area contributed by atoms with Crippen LogP contribution in [0, 0.1) is 23.6 Å². The number of carbonyl (C=O) groups is 2. The average molecular weight is 966 g/mol. The monoisotopic (exact) mass is 965 g/mol. The van der Waals surface area contributed by atoms with Gasteiger partial charge >= 0.3 is 12.2 Å². The highest BCUT2D eigenvalue weighted by Gasteiger charge is 2.65. The number of hydrogen-bond acceptors (Lipinski definition) is 13. The van der Waals surface area contributed by atoms with Gasteiger partial charge in [-0.25, -0.2) is 14.0 Å². The maximum Gasteiger partial charge on any atom is 0.417 e. The van der Waals surface area contributed by atoms with E-state index in [0.29, 0.717) is 66.5 Å². The van der Waals surface area contributed by atoms with E-state index in [4.69, 9.17) is 38.0 Å². The van der Waals surface area contributed by atoms with Crippen LogP contribution in [0.5, 0.6) is 23.0 Å². The maximum atomic E-state index is 14.8. The molecule has 0 saturated heterocycles. The summed E-state index contributed by atoms with van der Waals surface area (Å²) in [5.74, 6) is -1.68. The number of benzene rings is 4. The number of fused-ring (bicyclic) bond motifs is 2. The lowest BCUT2D eigenvalue weighted by molar-refractivity contribution is -0.256. The van der Waals surface area contributed by atoms with Crippen molar-refractivity contribution in [1.82, 2.24) is 4.90 Å². The van der Waals surface area contributed by atoms with Gasteiger partial charge in [0.2, 0.25) is 5.79 Å². The number of nitrogens with one attached hydrogen (secondary N) is 1. The molecule has 1 heterocycles. The predicted octanol–water partition coefficient (Wildman–Crippen LogP) is 9.57. The number of aliphatic hydroxyl groups is 2. The second kappa shape index (κ2) is 24.9. The molecule has 70 heavy (non-hydrogen) atoms. The van der Waals surface area contributed by atoms with Gasteiger partial charge in [0.05, 0.1) is 51.4 Å². The molecule has 2 aliphatic carbocycles. The topological polar surface area (TPSA) is 176 Å². The van der Waals surface area contributed by atoms with Gasteiger partial charge < -0.3 is 48.2 Å². The van der Waals surface area contributed by atoms with Crippen molar-refractivity contribution in [3.05, 3.63) is 138 Å². The fraction of sp³-hybridized carbons (Fsp3) is 0.426. The zero-order chi connectivity index (χ0) is 49.5. The smallest absolute Gasteiger partial charge is 0.417 e. The number of nitrogens with zero attached hydrogens (tertiary/aromatic N) is 2. The molecule has 374 valence electrons. The lowest BCUT2D eigenvalue weighted by atomic mass is 9.55. The molecule has 3 aliphatic rings. The number of hydrogen-bond donors (Lipinski definition) is 3. The minimum Gasteiger partial charge on any atom is -0.497 e. The summed E-state index contributed by atoms with van der Waals surface area (Å²) in [6.07, 6.45) is 6.52. The molecule has 4 aromatic carbocycles. The van der Waals surface area contributed by atoms with E-state index in [1.807, 2.05) is 36.4 Å². The first-order valence-electron chi connectivity index (χ1n) is 23.8. The second-order valence-corrected chi connectivity index (χ2v) is 17.4. The molecule has 1 fully saturated rings. The van der Waals surface area contributed by atoms with Crippen molar-refractivity contribution in [2.24, 2.45) is 22.9 Å². The highest BCUT2D eigenvalue weighted by Crippen LogP contribution is 2.62. The van der Waals surface area contributed by atoms with Gasteiger partial charge in [0.15, 0.2) is 0 Å². The van der Waals surface area contributed by atoms with Crippen LogP contribution in [0.3, 0.4) is 0 Å². The van der Waals surface area contributed by atoms with Gasteiger partial charge in [-0.1, -0.05) is 72.6 Å². The Morgan fingerprint density at radius 2 is 1.66 bits per heavy atom. The van der Waals surface area contributed by atoms with Crippen LogP contribution in [0.1, 0.15) is 67.6 Å². The third-order valence-corrected chi connectivity index (χ3v) is 13.1. The summed E-state index contributed by atoms with van der Waals surface area (Å²) in [5.41, 5.74) is 4.09. The SMILES string of the molecule is C=CCOC12Oc3ccc(OC(=O)Nc4ccc(OC)cc4OC)cc3C3C(CCCCO)C(CCCCO)C=C(C(=NOC)CC1N(Cc1ccc(F)cc1)C(=O)OCCOCc1ccccc1)C32. The number of unbranched alkanes of at least 4 members (excludes halogenated alkanes) is 2. The van der Waals surface area contributed by atoms with E-state index in [9.17, 15) is 24.2 Å². The van der Waals surface area contributed by atoms with Crippen molar-refractivity contribution in [3.8, 4) is 23.0 Å². The van der Waals surface area contributed by atoms with Gasteiger partial charge in [-0.15, -0.1) is 6.58 Å². The third-order valence-electron chi connectivity index (χ3n) is 13.1. The number of halogens is 1. The Kier molecular flexibility index (Phi) is 18.3. The Balaban J connectivity index is 1.34. The van der Waals surface area contributed by atoms with Crippen LogP contribution in [0.15, 0.2) is 120 Å². The summed E-state index contributed by atoms with van der Waals surface area (Å²) in [7, 11) is 4.49. The van der Waals surface area contributed by atoms with E-state index in [0.717, 1.165) is 29.5 Å². The van der Waals surface area contributed by atoms with Crippen LogP contribution in [0.25, 0.3) is 0 Å². The van der Waals surface area contributed by atoms with E-state index in [1.54, 1.807) is 53.4 Å². The molecule has 1 aliphatic heterocycles. The standard InChI is InChI=1S/C54H64FN3O12/c1-5-27-68-54-49(58(34-36-17-19-39(55)20-18-36)53(62)67-29-28-66-35-37-13-7-6-8-14-37)33-46(57-65-4)43-30-38(15-9-11-25-59)42(16-10-12-26-60)50(51(43)54)44-31-41(22-24-47(44)70-54)69-52(61)56-45-23-21-40(63-2)32-48(45)64-3/h5-8,13-14,17-24,30-32,38,42,49-51,59-60H,1,9-12,15-16,25-29,33-35H2,2-4H3,(H,56,61). The molecule has 3 N–H and O–H groups in total. The van der Waals surface area contributed by atoms with Crippen molar-refractivity contribution < 1.29 is 62.2 Å². The Hall–Kier alpha value is -6.46. The van der Waals surface area contributed by atoms with Crippen LogP contribution in [-0.4, -0.2) is 99.2 Å². The van der Waals surface area contributed by atoms with Gasteiger partial charge in [0, 0.05) is 43.7 Å². The van der Waals surface area contributed by atoms with Gasteiger partial charge in [-0.3, -0.25) is 10.2 Å². The van der Waals surface area contributed by atoms with Gasteiger partial charge in [-0.05, 0) is 96.7 Å². The van der Waals surface area contributed by atoms with E-state index >= 15 is 0 Å². The first-order valence-corrected chi connectivity index (χ1v) is 23.8. The predicted molar refractivity (Wildman–Crippen MR) is 261 cm³/mol. The van der Waals surface area contributed by atoms with Crippen LogP contribution in [0.4, 0.5) is 19.7 Å². The average Bonchev–Trinajstić information content (AvgIpc) is 3.37. The summed E-state index contributed by atoms with van der Waals surface area (Å²) in [5, 5.41) is 27.4. The Morgan fingerprint density at radius 3 is 2.37 bits per heavy atom. The number of amides is 2. The summed E-state index contributed by atoms with van der Waals surface area (Å²) < 4.78 is 57.4. The maximum absolute atomic E-state index is 14.8. The number of carbonyl (C=O) groups excluding carboxylic acids is 2. The molecule has 16 heteroatoms. The number of oxime groups is 1. The highest BCUT2D eigenvalue weighted by molar-refractivity contribution is 6.03. The number of anilines is 1. The van der Waals surface area contributed by atoms with E-state index in [-0.39, 0.29) is 63.6 Å². The number of allylic oxidation sites excluding steroid dienone is 1. The van der Waals surface area contributed by atoms with Gasteiger partial charge in [-0.2, -0.15) is 0 Å². The summed E-state index contributed by atoms with van der Waals surface area (Å²) in [6.45, 7) is 4.45. The number of ether oxygens (including phenoxy) is 7. The van der Waals surface area contributed by atoms with Crippen molar-refractivity contribution in [2.45, 2.75) is 75.8 Å². The molecule has 6 atom stereocenters. The molecule has 7 rings (SSSR count). The minimum atomic E-state index is -1.62. The number of rotatable bonds is 24.